The summed E-state index contributed by atoms with van der Waals surface area (Å²) in [5, 5.41) is 6.13. The molecule has 0 fully saturated rings. The van der Waals surface area contributed by atoms with Crippen molar-refractivity contribution in [3.63, 3.8) is 0 Å². The molecule has 0 radical (unpaired) electrons. The van der Waals surface area contributed by atoms with Crippen LogP contribution in [-0.2, 0) is 0 Å². The van der Waals surface area contributed by atoms with E-state index in [9.17, 15) is 0 Å². The first-order valence-electron chi connectivity index (χ1n) is 5.50. The highest BCUT2D eigenvalue weighted by Gasteiger charge is 2.06. The van der Waals surface area contributed by atoms with Gasteiger partial charge in [-0.2, -0.15) is 0 Å². The largest absolute Gasteiger partial charge is 0.365 e. The molecule has 1 aliphatic rings. The Bertz CT molecular complexity index is 516. The van der Waals surface area contributed by atoms with E-state index < -0.39 is 0 Å². The van der Waals surface area contributed by atoms with Gasteiger partial charge in [-0.15, -0.1) is 0 Å². The van der Waals surface area contributed by atoms with Crippen LogP contribution in [0.2, 0.25) is 0 Å². The molecule has 5 nitrogen and oxygen atoms in total. The molecule has 0 aromatic carbocycles. The number of nitrogens with one attached hydrogen (secondary N) is 2. The maximum Gasteiger partial charge on any atom is 0.175 e. The van der Waals surface area contributed by atoms with E-state index in [-0.39, 0.29) is 6.04 Å². The molecule has 1 aromatic heterocycles. The lowest BCUT2D eigenvalue weighted by Crippen LogP contribution is -2.22. The first kappa shape index (κ1) is 11.3. The van der Waals surface area contributed by atoms with Gasteiger partial charge in [-0.25, -0.2) is 4.98 Å². The average molecular weight is 229 g/mol. The summed E-state index contributed by atoms with van der Waals surface area (Å²) < 4.78 is 0. The molecule has 5 heteroatoms. The molecule has 0 amide bonds. The number of aromatic nitrogens is 2. The van der Waals surface area contributed by atoms with Crippen LogP contribution in [0, 0.1) is 0 Å². The molecule has 2 N–H and O–H groups in total. The number of hydrogen-bond donors (Lipinski definition) is 2. The lowest BCUT2D eigenvalue weighted by atomic mass is 10.3. The molecule has 88 valence electrons. The van der Waals surface area contributed by atoms with Crippen molar-refractivity contribution in [1.82, 2.24) is 20.6 Å². The molecule has 0 saturated carbocycles. The minimum absolute atomic E-state index is 0.179. The van der Waals surface area contributed by atoms with Crippen LogP contribution in [0.4, 0.5) is 0 Å². The van der Waals surface area contributed by atoms with E-state index >= 15 is 0 Å². The highest BCUT2D eigenvalue weighted by Crippen LogP contribution is 2.03. The lowest BCUT2D eigenvalue weighted by Gasteiger charge is -2.09. The zero-order valence-electron chi connectivity index (χ0n) is 9.88. The molecule has 0 spiro atoms. The quantitative estimate of drug-likeness (QED) is 0.785. The number of nitrogens with zero attached hydrogens (tertiary/aromatic N) is 3. The normalized spacial score (nSPS) is 15.2. The summed E-state index contributed by atoms with van der Waals surface area (Å²) in [7, 11) is 0. The standard InChI is InChI=1S/C12H15N5/c1-9(2)17-12-11(15-4-3-5-16-12)10-8-13-6-7-14-10/h3-9,13-14H,1-2H3. The van der Waals surface area contributed by atoms with Crippen molar-refractivity contribution in [2.45, 2.75) is 19.9 Å². The fourth-order valence-electron chi connectivity index (χ4n) is 1.41. The smallest absolute Gasteiger partial charge is 0.175 e. The molecule has 17 heavy (non-hydrogen) atoms. The lowest BCUT2D eigenvalue weighted by molar-refractivity contribution is 0.786. The van der Waals surface area contributed by atoms with E-state index in [2.05, 4.69) is 25.6 Å². The maximum atomic E-state index is 4.47. The van der Waals surface area contributed by atoms with Crippen LogP contribution in [0.15, 0.2) is 42.1 Å². The van der Waals surface area contributed by atoms with Gasteiger partial charge in [-0.1, -0.05) is 0 Å². The van der Waals surface area contributed by atoms with Crippen LogP contribution in [0.25, 0.3) is 5.70 Å². The van der Waals surface area contributed by atoms with Crippen LogP contribution in [0.3, 0.4) is 0 Å². The van der Waals surface area contributed by atoms with Gasteiger partial charge in [-0.05, 0) is 19.9 Å². The monoisotopic (exact) mass is 229 g/mol. The Labute approximate surface area is 100 Å². The topological polar surface area (TPSA) is 62.2 Å². The third-order valence-corrected chi connectivity index (χ3v) is 2.07. The number of hydrogen-bond acceptors (Lipinski definition) is 5. The fraction of sp³-hybridized carbons (Fsp3) is 0.250. The molecule has 2 heterocycles. The maximum absolute atomic E-state index is 4.47. The van der Waals surface area contributed by atoms with Gasteiger partial charge in [0.2, 0.25) is 0 Å². The molecular formula is C12H15N5. The van der Waals surface area contributed by atoms with Gasteiger partial charge in [0.05, 0.1) is 5.70 Å². The molecule has 2 rings (SSSR count). The fourth-order valence-corrected chi connectivity index (χ4v) is 1.41. The summed E-state index contributed by atoms with van der Waals surface area (Å²) in [4.78, 5) is 13.1. The highest BCUT2D eigenvalue weighted by atomic mass is 15.0. The van der Waals surface area contributed by atoms with Crippen molar-refractivity contribution < 1.29 is 0 Å². The van der Waals surface area contributed by atoms with E-state index in [1.54, 1.807) is 24.7 Å². The second-order valence-electron chi connectivity index (χ2n) is 3.85. The van der Waals surface area contributed by atoms with E-state index in [0.717, 1.165) is 11.4 Å². The van der Waals surface area contributed by atoms with E-state index in [0.29, 0.717) is 5.49 Å². The van der Waals surface area contributed by atoms with Crippen molar-refractivity contribution in [3.05, 3.63) is 48.2 Å². The van der Waals surface area contributed by atoms with Crippen LogP contribution in [0.5, 0.6) is 0 Å². The van der Waals surface area contributed by atoms with E-state index in [4.69, 9.17) is 0 Å². The molecule has 1 aromatic rings. The summed E-state index contributed by atoms with van der Waals surface area (Å²) in [6.45, 7) is 4.03. The van der Waals surface area contributed by atoms with Gasteiger partial charge in [0.25, 0.3) is 0 Å². The van der Waals surface area contributed by atoms with Gasteiger partial charge >= 0.3 is 0 Å². The van der Waals surface area contributed by atoms with Crippen LogP contribution in [0.1, 0.15) is 19.5 Å². The second-order valence-corrected chi connectivity index (χ2v) is 3.85. The Morgan fingerprint density at radius 3 is 2.71 bits per heavy atom. The summed E-state index contributed by atoms with van der Waals surface area (Å²) >= 11 is 0. The van der Waals surface area contributed by atoms with Crippen LogP contribution >= 0.6 is 0 Å². The second kappa shape index (κ2) is 5.25. The van der Waals surface area contributed by atoms with Gasteiger partial charge in [0.15, 0.2) is 5.49 Å². The highest BCUT2D eigenvalue weighted by molar-refractivity contribution is 5.61. The minimum Gasteiger partial charge on any atom is -0.365 e. The predicted molar refractivity (Wildman–Crippen MR) is 66.1 cm³/mol. The Hall–Kier alpha value is -2.17. The first-order chi connectivity index (χ1) is 8.27. The Balaban J connectivity index is 2.53. The molecular weight excluding hydrogens is 214 g/mol. The summed E-state index contributed by atoms with van der Waals surface area (Å²) in [5.74, 6) is 0. The zero-order valence-corrected chi connectivity index (χ0v) is 9.88. The Kier molecular flexibility index (Phi) is 3.49. The minimum atomic E-state index is 0.179. The molecule has 0 saturated heterocycles. The van der Waals surface area contributed by atoms with Crippen molar-refractivity contribution in [3.8, 4) is 0 Å². The summed E-state index contributed by atoms with van der Waals surface area (Å²) in [5.41, 5.74) is 2.23. The van der Waals surface area contributed by atoms with Crippen molar-refractivity contribution in [2.75, 3.05) is 0 Å². The molecule has 0 atom stereocenters. The molecule has 0 bridgehead atoms. The van der Waals surface area contributed by atoms with Crippen molar-refractivity contribution in [1.29, 1.82) is 0 Å². The Morgan fingerprint density at radius 1 is 1.18 bits per heavy atom. The van der Waals surface area contributed by atoms with Crippen molar-refractivity contribution in [2.24, 2.45) is 4.99 Å². The summed E-state index contributed by atoms with van der Waals surface area (Å²) in [6, 6.07) is 1.97. The van der Waals surface area contributed by atoms with Crippen LogP contribution in [-0.4, -0.2) is 16.0 Å². The van der Waals surface area contributed by atoms with Gasteiger partial charge in [0, 0.05) is 37.0 Å². The third-order valence-electron chi connectivity index (χ3n) is 2.07. The van der Waals surface area contributed by atoms with Crippen LogP contribution < -0.4 is 16.1 Å². The van der Waals surface area contributed by atoms with Crippen molar-refractivity contribution >= 4 is 5.70 Å². The molecule has 0 aliphatic carbocycles. The SMILES string of the molecule is CC(C)N=c1ncccnc1C1=CNC=CN1. The number of rotatable bonds is 2. The van der Waals surface area contributed by atoms with E-state index in [1.807, 2.05) is 26.2 Å². The molecule has 0 unspecified atom stereocenters. The van der Waals surface area contributed by atoms with Gasteiger partial charge in [-0.3, -0.25) is 9.98 Å². The zero-order chi connectivity index (χ0) is 12.1. The predicted octanol–water partition coefficient (Wildman–Crippen LogP) is 0.748. The summed E-state index contributed by atoms with van der Waals surface area (Å²) in [6.07, 6.45) is 8.86. The average Bonchev–Trinajstić information content (AvgIpc) is 2.55. The van der Waals surface area contributed by atoms with Gasteiger partial charge < -0.3 is 10.6 Å². The first-order valence-corrected chi connectivity index (χ1v) is 5.50. The van der Waals surface area contributed by atoms with E-state index in [1.165, 1.54) is 0 Å². The Morgan fingerprint density at radius 2 is 2.00 bits per heavy atom. The molecule has 1 aliphatic heterocycles. The third kappa shape index (κ3) is 2.90. The van der Waals surface area contributed by atoms with Gasteiger partial charge in [0.1, 0.15) is 5.69 Å².